The van der Waals surface area contributed by atoms with E-state index in [1.165, 1.54) is 33.5 Å². The summed E-state index contributed by atoms with van der Waals surface area (Å²) in [6.07, 6.45) is -0.455. The Morgan fingerprint density at radius 1 is 1.21 bits per heavy atom. The molecule has 0 spiro atoms. The number of rotatable bonds is 4. The van der Waals surface area contributed by atoms with Crippen LogP contribution < -0.4 is 5.56 Å². The van der Waals surface area contributed by atoms with Crippen molar-refractivity contribution in [3.05, 3.63) is 45.7 Å². The number of piperazine rings is 1. The highest BCUT2D eigenvalue weighted by Gasteiger charge is 2.32. The van der Waals surface area contributed by atoms with Crippen molar-refractivity contribution >= 4 is 27.7 Å². The zero-order valence-corrected chi connectivity index (χ0v) is 16.7. The van der Waals surface area contributed by atoms with Crippen molar-refractivity contribution in [2.24, 2.45) is 0 Å². The molecule has 28 heavy (non-hydrogen) atoms. The number of carbonyl (C=O) groups excluding carboxylic acids is 1. The number of H-pyrrole nitrogens is 1. The molecule has 0 bridgehead atoms. The third-order valence-electron chi connectivity index (χ3n) is 4.29. The monoisotopic (exact) mass is 426 g/mol. The van der Waals surface area contributed by atoms with Crippen molar-refractivity contribution in [2.75, 3.05) is 32.8 Å². The van der Waals surface area contributed by atoms with Crippen LogP contribution in [-0.4, -0.2) is 66.7 Å². The van der Waals surface area contributed by atoms with Crippen LogP contribution in [0.25, 0.3) is 11.3 Å². The Balaban J connectivity index is 1.84. The first kappa shape index (κ1) is 20.3. The minimum Gasteiger partial charge on any atom is -0.450 e. The van der Waals surface area contributed by atoms with E-state index in [1.807, 2.05) is 0 Å². The molecule has 1 aliphatic rings. The second kappa shape index (κ2) is 8.29. The predicted molar refractivity (Wildman–Crippen MR) is 103 cm³/mol. The van der Waals surface area contributed by atoms with Gasteiger partial charge in [-0.05, 0) is 25.1 Å². The topological polar surface area (TPSA) is 113 Å². The molecule has 1 aromatic heterocycles. The molecule has 0 radical (unpaired) electrons. The molecule has 0 atom stereocenters. The molecule has 1 fully saturated rings. The number of nitrogens with zero attached hydrogens (tertiary/aromatic N) is 3. The molecule has 1 saturated heterocycles. The number of hydrogen-bond acceptors (Lipinski definition) is 6. The quantitative estimate of drug-likeness (QED) is 0.793. The average molecular weight is 427 g/mol. The average Bonchev–Trinajstić information content (AvgIpc) is 2.69. The molecule has 0 aliphatic carbocycles. The van der Waals surface area contributed by atoms with Gasteiger partial charge in [0.1, 0.15) is 4.90 Å². The molecule has 2 heterocycles. The molecule has 3 rings (SSSR count). The van der Waals surface area contributed by atoms with Crippen LogP contribution in [0.2, 0.25) is 5.02 Å². The van der Waals surface area contributed by atoms with Gasteiger partial charge in [-0.15, -0.1) is 0 Å². The van der Waals surface area contributed by atoms with E-state index in [2.05, 4.69) is 10.2 Å². The largest absolute Gasteiger partial charge is 0.450 e. The minimum absolute atomic E-state index is 0.0516. The lowest BCUT2D eigenvalue weighted by Crippen LogP contribution is -2.50. The van der Waals surface area contributed by atoms with Gasteiger partial charge in [0.05, 0.1) is 17.3 Å². The van der Waals surface area contributed by atoms with Gasteiger partial charge in [-0.1, -0.05) is 17.7 Å². The highest BCUT2D eigenvalue weighted by atomic mass is 35.5. The Labute approximate surface area is 166 Å². The zero-order valence-electron chi connectivity index (χ0n) is 15.1. The third kappa shape index (κ3) is 4.18. The van der Waals surface area contributed by atoms with Gasteiger partial charge in [0.15, 0.2) is 0 Å². The molecule has 11 heteroatoms. The van der Waals surface area contributed by atoms with Crippen LogP contribution in [0, 0.1) is 0 Å². The van der Waals surface area contributed by atoms with Gasteiger partial charge in [0, 0.05) is 37.8 Å². The first-order chi connectivity index (χ1) is 13.3. The molecule has 1 amide bonds. The molecule has 1 aliphatic heterocycles. The fourth-order valence-electron chi connectivity index (χ4n) is 2.83. The van der Waals surface area contributed by atoms with E-state index in [9.17, 15) is 18.0 Å². The van der Waals surface area contributed by atoms with Crippen LogP contribution in [0.5, 0.6) is 0 Å². The second-order valence-corrected chi connectivity index (χ2v) is 8.36. The van der Waals surface area contributed by atoms with Gasteiger partial charge in [0.2, 0.25) is 10.0 Å². The number of nitrogens with one attached hydrogen (secondary N) is 1. The molecular weight excluding hydrogens is 408 g/mol. The second-order valence-electron chi connectivity index (χ2n) is 6.04. The number of aromatic amines is 1. The van der Waals surface area contributed by atoms with E-state index in [1.54, 1.807) is 13.0 Å². The van der Waals surface area contributed by atoms with Crippen molar-refractivity contribution in [3.63, 3.8) is 0 Å². The fourth-order valence-corrected chi connectivity index (χ4v) is 4.75. The summed E-state index contributed by atoms with van der Waals surface area (Å²) in [5.74, 6) is 0. The zero-order chi connectivity index (χ0) is 20.3. The molecule has 150 valence electrons. The SMILES string of the molecule is CCOC(=O)N1CCN(S(=O)(=O)c2cc(-c3ccc(=O)[nH]n3)ccc2Cl)CC1. The van der Waals surface area contributed by atoms with Crippen molar-refractivity contribution < 1.29 is 17.9 Å². The van der Waals surface area contributed by atoms with Crippen LogP contribution in [0.15, 0.2) is 40.0 Å². The van der Waals surface area contributed by atoms with Gasteiger partial charge in [-0.2, -0.15) is 9.40 Å². The molecular formula is C17H19ClN4O5S. The Hall–Kier alpha value is -2.43. The van der Waals surface area contributed by atoms with Gasteiger partial charge in [-0.25, -0.2) is 18.3 Å². The number of ether oxygens (including phenoxy) is 1. The van der Waals surface area contributed by atoms with Crippen LogP contribution in [0.4, 0.5) is 4.79 Å². The number of sulfonamides is 1. The maximum atomic E-state index is 13.1. The molecule has 2 aromatic rings. The normalized spacial score (nSPS) is 15.4. The van der Waals surface area contributed by atoms with E-state index < -0.39 is 16.1 Å². The van der Waals surface area contributed by atoms with E-state index >= 15 is 0 Å². The van der Waals surface area contributed by atoms with Crippen LogP contribution in [-0.2, 0) is 14.8 Å². The fraction of sp³-hybridized carbons (Fsp3) is 0.353. The van der Waals surface area contributed by atoms with E-state index in [0.717, 1.165) is 0 Å². The summed E-state index contributed by atoms with van der Waals surface area (Å²) in [7, 11) is -3.87. The predicted octanol–water partition coefficient (Wildman–Crippen LogP) is 1.55. The molecule has 1 aromatic carbocycles. The highest BCUT2D eigenvalue weighted by Crippen LogP contribution is 2.29. The van der Waals surface area contributed by atoms with Crippen molar-refractivity contribution in [3.8, 4) is 11.3 Å². The molecule has 9 nitrogen and oxygen atoms in total. The van der Waals surface area contributed by atoms with E-state index in [-0.39, 0.29) is 48.3 Å². The summed E-state index contributed by atoms with van der Waals surface area (Å²) < 4.78 is 32.4. The number of hydrogen-bond donors (Lipinski definition) is 1. The lowest BCUT2D eigenvalue weighted by Gasteiger charge is -2.33. The maximum absolute atomic E-state index is 13.1. The Morgan fingerprint density at radius 3 is 2.54 bits per heavy atom. The van der Waals surface area contributed by atoms with Crippen molar-refractivity contribution in [1.29, 1.82) is 0 Å². The minimum atomic E-state index is -3.87. The number of amides is 1. The van der Waals surface area contributed by atoms with Gasteiger partial charge in [-0.3, -0.25) is 4.79 Å². The Bertz CT molecular complexity index is 1010. The number of aromatic nitrogens is 2. The lowest BCUT2D eigenvalue weighted by molar-refractivity contribution is 0.0934. The molecule has 0 saturated carbocycles. The van der Waals surface area contributed by atoms with E-state index in [0.29, 0.717) is 11.3 Å². The highest BCUT2D eigenvalue weighted by molar-refractivity contribution is 7.89. The van der Waals surface area contributed by atoms with Gasteiger partial charge in [0.25, 0.3) is 5.56 Å². The first-order valence-corrected chi connectivity index (χ1v) is 10.4. The van der Waals surface area contributed by atoms with Crippen LogP contribution >= 0.6 is 11.6 Å². The summed E-state index contributed by atoms with van der Waals surface area (Å²) >= 11 is 6.16. The molecule has 1 N–H and O–H groups in total. The summed E-state index contributed by atoms with van der Waals surface area (Å²) in [4.78, 5) is 24.4. The third-order valence-corrected chi connectivity index (χ3v) is 6.67. The summed E-state index contributed by atoms with van der Waals surface area (Å²) in [5.41, 5.74) is 0.564. The lowest BCUT2D eigenvalue weighted by atomic mass is 10.1. The Morgan fingerprint density at radius 2 is 1.93 bits per heavy atom. The van der Waals surface area contributed by atoms with Crippen molar-refractivity contribution in [1.82, 2.24) is 19.4 Å². The smallest absolute Gasteiger partial charge is 0.409 e. The van der Waals surface area contributed by atoms with Crippen LogP contribution in [0.3, 0.4) is 0 Å². The van der Waals surface area contributed by atoms with Gasteiger partial charge >= 0.3 is 6.09 Å². The standard InChI is InChI=1S/C17H19ClN4O5S/c1-2-27-17(24)21-7-9-22(10-8-21)28(25,26)15-11-12(3-4-13(15)18)14-5-6-16(23)20-19-14/h3-6,11H,2,7-10H2,1H3,(H,20,23). The maximum Gasteiger partial charge on any atom is 0.409 e. The van der Waals surface area contributed by atoms with Gasteiger partial charge < -0.3 is 9.64 Å². The van der Waals surface area contributed by atoms with E-state index in [4.69, 9.17) is 16.3 Å². The molecule has 0 unspecified atom stereocenters. The van der Waals surface area contributed by atoms with Crippen molar-refractivity contribution in [2.45, 2.75) is 11.8 Å². The van der Waals surface area contributed by atoms with Crippen LogP contribution in [0.1, 0.15) is 6.92 Å². The Kier molecular flexibility index (Phi) is 6.01. The first-order valence-electron chi connectivity index (χ1n) is 8.60. The summed E-state index contributed by atoms with van der Waals surface area (Å²) in [5, 5.41) is 6.31. The number of halogens is 1. The summed E-state index contributed by atoms with van der Waals surface area (Å²) in [6, 6.07) is 7.33. The summed E-state index contributed by atoms with van der Waals surface area (Å²) in [6.45, 7) is 2.72. The number of benzene rings is 1. The number of carbonyl (C=O) groups is 1.